The number of aryl methyl sites for hydroxylation is 2. The van der Waals surface area contributed by atoms with Crippen molar-refractivity contribution in [2.75, 3.05) is 24.3 Å². The van der Waals surface area contributed by atoms with Crippen LogP contribution in [-0.4, -0.2) is 43.9 Å². The van der Waals surface area contributed by atoms with E-state index < -0.39 is 16.1 Å². The number of β-lactam (4-membered cyclic amide) rings is 1. The molecule has 3 aromatic rings. The predicted octanol–water partition coefficient (Wildman–Crippen LogP) is 6.01. The van der Waals surface area contributed by atoms with Gasteiger partial charge >= 0.3 is 0 Å². The standard InChI is InChI=1S/C35H45FN2O5S/c1-44(42,43)37-24-6-2-4-8-27-12-20-31(21-13-27)38-34(29-14-10-26(11-15-29)9-5-3-7-25-39)32(35(38)41)22-23-33(40)28-16-18-30(36)19-17-28/h10-21,32-34,37,39-40H,2-9,22-25H2,1H3/t32-,33+,34-/m1/s1. The number of sulfonamides is 1. The van der Waals surface area contributed by atoms with Gasteiger partial charge in [0.25, 0.3) is 0 Å². The number of aliphatic hydroxyl groups excluding tert-OH is 2. The summed E-state index contributed by atoms with van der Waals surface area (Å²) in [5.41, 5.74) is 4.92. The summed E-state index contributed by atoms with van der Waals surface area (Å²) >= 11 is 0. The summed E-state index contributed by atoms with van der Waals surface area (Å²) in [7, 11) is -3.15. The van der Waals surface area contributed by atoms with E-state index in [2.05, 4.69) is 41.1 Å². The first kappa shape index (κ1) is 33.8. The van der Waals surface area contributed by atoms with Gasteiger partial charge in [0.15, 0.2) is 0 Å². The Labute approximate surface area is 261 Å². The number of hydrogen-bond acceptors (Lipinski definition) is 5. The van der Waals surface area contributed by atoms with Gasteiger partial charge in [-0.15, -0.1) is 0 Å². The summed E-state index contributed by atoms with van der Waals surface area (Å²) in [6.45, 7) is 0.663. The van der Waals surface area contributed by atoms with Crippen LogP contribution in [0.4, 0.5) is 10.1 Å². The van der Waals surface area contributed by atoms with E-state index in [0.717, 1.165) is 62.6 Å². The van der Waals surface area contributed by atoms with Crippen molar-refractivity contribution in [3.63, 3.8) is 0 Å². The molecule has 0 saturated carbocycles. The molecule has 1 aliphatic heterocycles. The fourth-order valence-corrected chi connectivity index (χ4v) is 6.41. The second kappa shape index (κ2) is 16.3. The average Bonchev–Trinajstić information content (AvgIpc) is 3.00. The highest BCUT2D eigenvalue weighted by atomic mass is 32.2. The van der Waals surface area contributed by atoms with E-state index >= 15 is 0 Å². The zero-order chi connectivity index (χ0) is 31.5. The molecule has 0 spiro atoms. The van der Waals surface area contributed by atoms with Crippen molar-refractivity contribution in [3.8, 4) is 0 Å². The molecule has 1 heterocycles. The molecular formula is C35H45FN2O5S. The molecule has 4 rings (SSSR count). The lowest BCUT2D eigenvalue weighted by molar-refractivity contribution is -0.131. The highest BCUT2D eigenvalue weighted by Gasteiger charge is 2.48. The molecule has 7 nitrogen and oxygen atoms in total. The maximum Gasteiger partial charge on any atom is 0.233 e. The van der Waals surface area contributed by atoms with E-state index in [-0.39, 0.29) is 30.3 Å². The minimum absolute atomic E-state index is 0.0283. The number of hydrogen-bond donors (Lipinski definition) is 3. The Balaban J connectivity index is 1.41. The summed E-state index contributed by atoms with van der Waals surface area (Å²) in [5.74, 6) is -0.600. The molecule has 3 aromatic carbocycles. The lowest BCUT2D eigenvalue weighted by atomic mass is 9.78. The molecule has 44 heavy (non-hydrogen) atoms. The Bertz CT molecular complexity index is 1430. The number of nitrogens with zero attached hydrogens (tertiary/aromatic N) is 1. The minimum atomic E-state index is -3.15. The summed E-state index contributed by atoms with van der Waals surface area (Å²) < 4.78 is 38.3. The molecule has 0 aliphatic carbocycles. The van der Waals surface area contributed by atoms with Crippen molar-refractivity contribution in [2.24, 2.45) is 5.92 Å². The van der Waals surface area contributed by atoms with Gasteiger partial charge in [0.1, 0.15) is 5.82 Å². The second-order valence-corrected chi connectivity index (χ2v) is 13.7. The predicted molar refractivity (Wildman–Crippen MR) is 172 cm³/mol. The van der Waals surface area contributed by atoms with E-state index in [1.54, 1.807) is 12.1 Å². The first-order chi connectivity index (χ1) is 21.2. The summed E-state index contributed by atoms with van der Waals surface area (Å²) in [4.78, 5) is 15.4. The molecule has 0 unspecified atom stereocenters. The molecule has 0 bridgehead atoms. The fraction of sp³-hybridized carbons (Fsp3) is 0.457. The van der Waals surface area contributed by atoms with Crippen molar-refractivity contribution in [3.05, 3.63) is 101 Å². The maximum atomic E-state index is 13.6. The third kappa shape index (κ3) is 9.69. The molecule has 1 aliphatic rings. The van der Waals surface area contributed by atoms with Crippen molar-refractivity contribution in [1.29, 1.82) is 0 Å². The SMILES string of the molecule is CS(=O)(=O)NCCCCCc1ccc(N2C(=O)[C@H](CC[C@H](O)c3ccc(F)cc3)[C@H]2c2ccc(CCCCCO)cc2)cc1. The zero-order valence-electron chi connectivity index (χ0n) is 25.5. The Morgan fingerprint density at radius 3 is 2.02 bits per heavy atom. The topological polar surface area (TPSA) is 107 Å². The van der Waals surface area contributed by atoms with Crippen LogP contribution >= 0.6 is 0 Å². The van der Waals surface area contributed by atoms with Gasteiger partial charge in [0, 0.05) is 18.8 Å². The van der Waals surface area contributed by atoms with Crippen LogP contribution < -0.4 is 9.62 Å². The first-order valence-electron chi connectivity index (χ1n) is 15.7. The normalized spacial score (nSPS) is 17.5. The van der Waals surface area contributed by atoms with E-state index in [9.17, 15) is 22.7 Å². The van der Waals surface area contributed by atoms with Gasteiger partial charge in [-0.3, -0.25) is 4.79 Å². The molecular weight excluding hydrogens is 579 g/mol. The Morgan fingerprint density at radius 2 is 1.43 bits per heavy atom. The van der Waals surface area contributed by atoms with Gasteiger partial charge in [-0.05, 0) is 97.9 Å². The lowest BCUT2D eigenvalue weighted by Crippen LogP contribution is -2.55. The molecule has 3 atom stereocenters. The van der Waals surface area contributed by atoms with Crippen molar-refractivity contribution in [1.82, 2.24) is 4.72 Å². The molecule has 3 N–H and O–H groups in total. The number of unbranched alkanes of at least 4 members (excludes halogenated alkanes) is 4. The van der Waals surface area contributed by atoms with Crippen LogP contribution in [0.15, 0.2) is 72.8 Å². The van der Waals surface area contributed by atoms with Crippen LogP contribution in [0.5, 0.6) is 0 Å². The van der Waals surface area contributed by atoms with Gasteiger partial charge in [-0.1, -0.05) is 61.4 Å². The number of benzene rings is 3. The monoisotopic (exact) mass is 624 g/mol. The second-order valence-electron chi connectivity index (χ2n) is 11.8. The number of carbonyl (C=O) groups is 1. The molecule has 1 amide bonds. The number of nitrogens with one attached hydrogen (secondary N) is 1. The maximum absolute atomic E-state index is 13.6. The molecule has 1 fully saturated rings. The number of halogens is 1. The zero-order valence-corrected chi connectivity index (χ0v) is 26.3. The van der Waals surface area contributed by atoms with Crippen molar-refractivity contribution in [2.45, 2.75) is 76.4 Å². The van der Waals surface area contributed by atoms with Crippen LogP contribution in [-0.2, 0) is 27.7 Å². The minimum Gasteiger partial charge on any atom is -0.396 e. The van der Waals surface area contributed by atoms with Crippen LogP contribution in [0, 0.1) is 11.7 Å². The molecule has 238 valence electrons. The number of anilines is 1. The number of rotatable bonds is 18. The summed E-state index contributed by atoms with van der Waals surface area (Å²) in [6.07, 6.45) is 8.57. The molecule has 0 radical (unpaired) electrons. The number of carbonyl (C=O) groups excluding carboxylic acids is 1. The van der Waals surface area contributed by atoms with E-state index in [1.807, 2.05) is 17.0 Å². The Hall–Kier alpha value is -3.11. The number of aliphatic hydroxyl groups is 2. The highest BCUT2D eigenvalue weighted by molar-refractivity contribution is 7.88. The summed E-state index contributed by atoms with van der Waals surface area (Å²) in [6, 6.07) is 22.2. The van der Waals surface area contributed by atoms with E-state index in [0.29, 0.717) is 24.9 Å². The molecule has 9 heteroatoms. The average molecular weight is 625 g/mol. The van der Waals surface area contributed by atoms with Gasteiger partial charge in [-0.25, -0.2) is 17.5 Å². The third-order valence-corrected chi connectivity index (χ3v) is 9.11. The van der Waals surface area contributed by atoms with Gasteiger partial charge in [0.2, 0.25) is 15.9 Å². The Morgan fingerprint density at radius 1 is 0.841 bits per heavy atom. The van der Waals surface area contributed by atoms with Gasteiger partial charge in [-0.2, -0.15) is 0 Å². The highest BCUT2D eigenvalue weighted by Crippen LogP contribution is 2.46. The van der Waals surface area contributed by atoms with Crippen molar-refractivity contribution >= 4 is 21.6 Å². The van der Waals surface area contributed by atoms with Crippen LogP contribution in [0.1, 0.15) is 85.8 Å². The van der Waals surface area contributed by atoms with E-state index in [1.165, 1.54) is 29.5 Å². The van der Waals surface area contributed by atoms with Gasteiger partial charge < -0.3 is 15.1 Å². The largest absolute Gasteiger partial charge is 0.396 e. The quantitative estimate of drug-likeness (QED) is 0.119. The Kier molecular flexibility index (Phi) is 12.5. The lowest BCUT2D eigenvalue weighted by Gasteiger charge is -2.48. The fourth-order valence-electron chi connectivity index (χ4n) is 5.90. The molecule has 1 saturated heterocycles. The van der Waals surface area contributed by atoms with Gasteiger partial charge in [0.05, 0.1) is 24.3 Å². The molecule has 0 aromatic heterocycles. The van der Waals surface area contributed by atoms with Crippen LogP contribution in [0.2, 0.25) is 0 Å². The van der Waals surface area contributed by atoms with Crippen LogP contribution in [0.25, 0.3) is 0 Å². The third-order valence-electron chi connectivity index (χ3n) is 8.39. The summed E-state index contributed by atoms with van der Waals surface area (Å²) in [5, 5.41) is 19.8. The van der Waals surface area contributed by atoms with E-state index in [4.69, 9.17) is 5.11 Å². The van der Waals surface area contributed by atoms with Crippen LogP contribution in [0.3, 0.4) is 0 Å². The smallest absolute Gasteiger partial charge is 0.233 e. The number of amides is 1. The first-order valence-corrected chi connectivity index (χ1v) is 17.6. The van der Waals surface area contributed by atoms with Crippen molar-refractivity contribution < 1.29 is 27.8 Å².